The molecule has 1 heterocycles. The second kappa shape index (κ2) is 4.42. The van der Waals surface area contributed by atoms with E-state index in [1.165, 1.54) is 38.5 Å². The van der Waals surface area contributed by atoms with Crippen molar-refractivity contribution in [2.24, 2.45) is 17.8 Å². The SMILES string of the molecule is CNCc1cc(N)nc(C23CC4CC(CC(C4)C2)C3)n1. The van der Waals surface area contributed by atoms with Gasteiger partial charge in [0.15, 0.2) is 0 Å². The van der Waals surface area contributed by atoms with Gasteiger partial charge in [0, 0.05) is 18.0 Å². The Hall–Kier alpha value is -1.16. The van der Waals surface area contributed by atoms with Gasteiger partial charge in [-0.3, -0.25) is 0 Å². The van der Waals surface area contributed by atoms with Crippen molar-refractivity contribution >= 4 is 5.82 Å². The Labute approximate surface area is 120 Å². The summed E-state index contributed by atoms with van der Waals surface area (Å²) in [6, 6.07) is 1.90. The molecule has 5 rings (SSSR count). The van der Waals surface area contributed by atoms with Gasteiger partial charge in [0.2, 0.25) is 0 Å². The molecule has 1 aromatic heterocycles. The first kappa shape index (κ1) is 12.6. The first-order valence-corrected chi connectivity index (χ1v) is 7.95. The average molecular weight is 272 g/mol. The summed E-state index contributed by atoms with van der Waals surface area (Å²) in [6.07, 6.45) is 8.23. The molecule has 4 bridgehead atoms. The van der Waals surface area contributed by atoms with Gasteiger partial charge in [-0.2, -0.15) is 0 Å². The maximum absolute atomic E-state index is 6.03. The molecule has 0 saturated heterocycles. The molecule has 0 radical (unpaired) electrons. The van der Waals surface area contributed by atoms with Gasteiger partial charge in [0.25, 0.3) is 0 Å². The van der Waals surface area contributed by atoms with Crippen LogP contribution in [0.5, 0.6) is 0 Å². The fourth-order valence-corrected chi connectivity index (χ4v) is 5.41. The molecule has 0 aliphatic heterocycles. The molecule has 0 unspecified atom stereocenters. The maximum atomic E-state index is 6.03. The molecule has 0 atom stereocenters. The molecule has 4 aliphatic carbocycles. The van der Waals surface area contributed by atoms with Gasteiger partial charge in [-0.05, 0) is 63.3 Å². The van der Waals surface area contributed by atoms with E-state index in [0.29, 0.717) is 5.82 Å². The average Bonchev–Trinajstić information content (AvgIpc) is 2.36. The van der Waals surface area contributed by atoms with Crippen molar-refractivity contribution in [3.8, 4) is 0 Å². The van der Waals surface area contributed by atoms with Crippen LogP contribution < -0.4 is 11.1 Å². The Morgan fingerprint density at radius 1 is 1.15 bits per heavy atom. The van der Waals surface area contributed by atoms with E-state index in [-0.39, 0.29) is 5.41 Å². The van der Waals surface area contributed by atoms with Gasteiger partial charge >= 0.3 is 0 Å². The fourth-order valence-electron chi connectivity index (χ4n) is 5.41. The van der Waals surface area contributed by atoms with Crippen LogP contribution in [0.2, 0.25) is 0 Å². The van der Waals surface area contributed by atoms with E-state index in [4.69, 9.17) is 10.7 Å². The topological polar surface area (TPSA) is 63.8 Å². The minimum Gasteiger partial charge on any atom is -0.384 e. The van der Waals surface area contributed by atoms with Crippen LogP contribution in [0.3, 0.4) is 0 Å². The summed E-state index contributed by atoms with van der Waals surface area (Å²) in [6.45, 7) is 0.770. The number of hydrogen-bond acceptors (Lipinski definition) is 4. The summed E-state index contributed by atoms with van der Waals surface area (Å²) in [7, 11) is 1.95. The second-order valence-electron chi connectivity index (χ2n) is 7.34. The highest BCUT2D eigenvalue weighted by molar-refractivity contribution is 5.32. The van der Waals surface area contributed by atoms with Gasteiger partial charge in [0.05, 0.1) is 5.69 Å². The monoisotopic (exact) mass is 272 g/mol. The van der Waals surface area contributed by atoms with Crippen LogP contribution >= 0.6 is 0 Å². The highest BCUT2D eigenvalue weighted by atomic mass is 15.0. The Bertz CT molecular complexity index is 490. The Balaban J connectivity index is 1.73. The number of hydrogen-bond donors (Lipinski definition) is 2. The number of nitrogen functional groups attached to an aromatic ring is 1. The van der Waals surface area contributed by atoms with Crippen LogP contribution in [0.15, 0.2) is 6.07 Å². The molecular formula is C16H24N4. The van der Waals surface area contributed by atoms with Gasteiger partial charge < -0.3 is 11.1 Å². The molecule has 3 N–H and O–H groups in total. The minimum atomic E-state index is 0.243. The molecule has 4 nitrogen and oxygen atoms in total. The predicted molar refractivity (Wildman–Crippen MR) is 79.1 cm³/mol. The second-order valence-corrected chi connectivity index (χ2v) is 7.34. The lowest BCUT2D eigenvalue weighted by Crippen LogP contribution is -2.49. The van der Waals surface area contributed by atoms with E-state index in [1.807, 2.05) is 13.1 Å². The van der Waals surface area contributed by atoms with Gasteiger partial charge in [-0.1, -0.05) is 0 Å². The normalized spacial score (nSPS) is 38.4. The van der Waals surface area contributed by atoms with Crippen molar-refractivity contribution in [2.45, 2.75) is 50.5 Å². The van der Waals surface area contributed by atoms with Crippen molar-refractivity contribution in [3.63, 3.8) is 0 Å². The van der Waals surface area contributed by atoms with Gasteiger partial charge in [-0.15, -0.1) is 0 Å². The first-order chi connectivity index (χ1) is 9.67. The summed E-state index contributed by atoms with van der Waals surface area (Å²) in [5.74, 6) is 4.43. The summed E-state index contributed by atoms with van der Waals surface area (Å²) in [5.41, 5.74) is 7.31. The largest absolute Gasteiger partial charge is 0.384 e. The van der Waals surface area contributed by atoms with E-state index in [1.54, 1.807) is 0 Å². The lowest BCUT2D eigenvalue weighted by Gasteiger charge is -2.56. The molecule has 4 fully saturated rings. The van der Waals surface area contributed by atoms with Crippen LogP contribution in [-0.2, 0) is 12.0 Å². The molecule has 4 heteroatoms. The highest BCUT2D eigenvalue weighted by Gasteiger charge is 2.53. The fraction of sp³-hybridized carbons (Fsp3) is 0.750. The molecule has 20 heavy (non-hydrogen) atoms. The van der Waals surface area contributed by atoms with Crippen molar-refractivity contribution in [1.29, 1.82) is 0 Å². The van der Waals surface area contributed by atoms with E-state index >= 15 is 0 Å². The Morgan fingerprint density at radius 2 is 1.75 bits per heavy atom. The Kier molecular flexibility index (Phi) is 2.78. The number of rotatable bonds is 3. The molecule has 0 aromatic carbocycles. The zero-order valence-corrected chi connectivity index (χ0v) is 12.2. The lowest BCUT2D eigenvalue weighted by atomic mass is 9.49. The summed E-state index contributed by atoms with van der Waals surface area (Å²) in [4.78, 5) is 9.50. The quantitative estimate of drug-likeness (QED) is 0.886. The number of nitrogens with zero attached hydrogens (tertiary/aromatic N) is 2. The molecule has 0 spiro atoms. The van der Waals surface area contributed by atoms with Crippen LogP contribution in [0.1, 0.15) is 50.0 Å². The minimum absolute atomic E-state index is 0.243. The standard InChI is InChI=1S/C16H24N4/c1-18-9-13-5-14(17)20-15(19-13)16-6-10-2-11(7-16)4-12(3-10)8-16/h5,10-12,18H,2-4,6-9H2,1H3,(H2,17,19,20). The molecule has 108 valence electrons. The third-order valence-electron chi connectivity index (χ3n) is 5.67. The van der Waals surface area contributed by atoms with E-state index in [0.717, 1.165) is 35.8 Å². The maximum Gasteiger partial charge on any atom is 0.137 e. The highest BCUT2D eigenvalue weighted by Crippen LogP contribution is 2.60. The van der Waals surface area contributed by atoms with Crippen molar-refractivity contribution < 1.29 is 0 Å². The predicted octanol–water partition coefficient (Wildman–Crippen LogP) is 2.25. The van der Waals surface area contributed by atoms with Gasteiger partial charge in [-0.25, -0.2) is 9.97 Å². The summed E-state index contributed by atoms with van der Waals surface area (Å²) in [5, 5.41) is 3.17. The van der Waals surface area contributed by atoms with Crippen LogP contribution in [0.25, 0.3) is 0 Å². The molecule has 4 aliphatic rings. The van der Waals surface area contributed by atoms with Crippen molar-refractivity contribution in [1.82, 2.24) is 15.3 Å². The van der Waals surface area contributed by atoms with Crippen LogP contribution in [-0.4, -0.2) is 17.0 Å². The molecule has 4 saturated carbocycles. The Morgan fingerprint density at radius 3 is 2.30 bits per heavy atom. The number of anilines is 1. The van der Waals surface area contributed by atoms with Crippen molar-refractivity contribution in [2.75, 3.05) is 12.8 Å². The summed E-state index contributed by atoms with van der Waals surface area (Å²) >= 11 is 0. The van der Waals surface area contributed by atoms with E-state index in [9.17, 15) is 0 Å². The number of nitrogens with one attached hydrogen (secondary N) is 1. The van der Waals surface area contributed by atoms with Gasteiger partial charge in [0.1, 0.15) is 11.6 Å². The van der Waals surface area contributed by atoms with Crippen LogP contribution in [0, 0.1) is 17.8 Å². The zero-order valence-electron chi connectivity index (χ0n) is 12.2. The molecule has 0 amide bonds. The smallest absolute Gasteiger partial charge is 0.137 e. The molecular weight excluding hydrogens is 248 g/mol. The zero-order chi connectivity index (χ0) is 13.7. The first-order valence-electron chi connectivity index (χ1n) is 7.95. The number of aromatic nitrogens is 2. The molecule has 1 aromatic rings. The van der Waals surface area contributed by atoms with E-state index < -0.39 is 0 Å². The third-order valence-corrected chi connectivity index (χ3v) is 5.67. The third kappa shape index (κ3) is 1.93. The number of nitrogens with two attached hydrogens (primary N) is 1. The summed E-state index contributed by atoms with van der Waals surface area (Å²) < 4.78 is 0. The lowest BCUT2D eigenvalue weighted by molar-refractivity contribution is -0.00943. The van der Waals surface area contributed by atoms with E-state index in [2.05, 4.69) is 10.3 Å². The van der Waals surface area contributed by atoms with Crippen LogP contribution in [0.4, 0.5) is 5.82 Å². The van der Waals surface area contributed by atoms with Crippen molar-refractivity contribution in [3.05, 3.63) is 17.6 Å².